The van der Waals surface area contributed by atoms with Gasteiger partial charge in [-0.2, -0.15) is 0 Å². The predicted octanol–water partition coefficient (Wildman–Crippen LogP) is 3.72. The molecule has 92 valence electrons. The zero-order valence-corrected chi connectivity index (χ0v) is 10.6. The fraction of sp³-hybridized carbons (Fsp3) is 0.250. The fourth-order valence-electron chi connectivity index (χ4n) is 2.63. The number of nitrogens with one attached hydrogen (secondary N) is 1. The highest BCUT2D eigenvalue weighted by Gasteiger charge is 2.15. The average molecular weight is 239 g/mol. The molecule has 3 rings (SSSR count). The summed E-state index contributed by atoms with van der Waals surface area (Å²) in [5.74, 6) is 0.941. The van der Waals surface area contributed by atoms with E-state index in [-0.39, 0.29) is 0 Å². The Hall–Kier alpha value is -1.96. The van der Waals surface area contributed by atoms with Crippen molar-refractivity contribution >= 4 is 5.69 Å². The number of benzene rings is 2. The minimum atomic E-state index is 0.941. The lowest BCUT2D eigenvalue weighted by Gasteiger charge is -2.21. The Morgan fingerprint density at radius 1 is 1.00 bits per heavy atom. The van der Waals surface area contributed by atoms with Gasteiger partial charge in [-0.25, -0.2) is 0 Å². The van der Waals surface area contributed by atoms with Crippen molar-refractivity contribution in [3.05, 3.63) is 48.0 Å². The quantitative estimate of drug-likeness (QED) is 0.862. The molecular weight excluding hydrogens is 222 g/mol. The van der Waals surface area contributed by atoms with Gasteiger partial charge in [-0.3, -0.25) is 0 Å². The van der Waals surface area contributed by atoms with Crippen LogP contribution in [-0.4, -0.2) is 13.7 Å². The van der Waals surface area contributed by atoms with Crippen molar-refractivity contribution in [2.24, 2.45) is 0 Å². The zero-order valence-electron chi connectivity index (χ0n) is 10.6. The molecular formula is C16H17NO. The van der Waals surface area contributed by atoms with E-state index in [1.807, 2.05) is 12.1 Å². The number of rotatable bonds is 2. The highest BCUT2D eigenvalue weighted by molar-refractivity contribution is 5.78. The van der Waals surface area contributed by atoms with Crippen LogP contribution in [0.15, 0.2) is 42.5 Å². The van der Waals surface area contributed by atoms with Crippen molar-refractivity contribution in [2.75, 3.05) is 19.0 Å². The van der Waals surface area contributed by atoms with Gasteiger partial charge in [-0.05, 0) is 36.1 Å². The maximum absolute atomic E-state index is 5.47. The Kier molecular flexibility index (Phi) is 2.93. The van der Waals surface area contributed by atoms with Crippen molar-refractivity contribution in [3.8, 4) is 16.9 Å². The van der Waals surface area contributed by atoms with E-state index < -0.39 is 0 Å². The van der Waals surface area contributed by atoms with Crippen LogP contribution in [0.25, 0.3) is 11.1 Å². The molecule has 0 aliphatic carbocycles. The van der Waals surface area contributed by atoms with Crippen LogP contribution in [0.5, 0.6) is 5.75 Å². The smallest absolute Gasteiger partial charge is 0.126 e. The van der Waals surface area contributed by atoms with E-state index >= 15 is 0 Å². The van der Waals surface area contributed by atoms with E-state index in [1.165, 1.54) is 28.8 Å². The second kappa shape index (κ2) is 4.73. The Balaban J connectivity index is 2.17. The molecule has 18 heavy (non-hydrogen) atoms. The number of hydrogen-bond donors (Lipinski definition) is 1. The topological polar surface area (TPSA) is 21.3 Å². The number of para-hydroxylation sites is 1. The minimum absolute atomic E-state index is 0.941. The van der Waals surface area contributed by atoms with Gasteiger partial charge in [-0.15, -0.1) is 0 Å². The molecule has 0 aromatic heterocycles. The Morgan fingerprint density at radius 2 is 1.83 bits per heavy atom. The molecule has 1 heterocycles. The molecule has 0 radical (unpaired) electrons. The van der Waals surface area contributed by atoms with E-state index in [0.29, 0.717) is 0 Å². The van der Waals surface area contributed by atoms with E-state index in [4.69, 9.17) is 4.74 Å². The molecule has 0 fully saturated rings. The summed E-state index contributed by atoms with van der Waals surface area (Å²) in [5.41, 5.74) is 5.15. The van der Waals surface area contributed by atoms with Crippen molar-refractivity contribution in [2.45, 2.75) is 12.8 Å². The maximum Gasteiger partial charge on any atom is 0.126 e. The monoisotopic (exact) mass is 239 g/mol. The molecule has 2 aromatic carbocycles. The second-order valence-electron chi connectivity index (χ2n) is 4.56. The Morgan fingerprint density at radius 3 is 2.72 bits per heavy atom. The standard InChI is InChI=1S/C16H17NO/c1-18-16-10-3-2-6-14(16)12-7-4-9-15-13(12)8-5-11-17-15/h2-4,6-7,9-10,17H,5,8,11H2,1H3. The van der Waals surface area contributed by atoms with E-state index in [0.717, 1.165) is 18.7 Å². The third-order valence-corrected chi connectivity index (χ3v) is 3.49. The van der Waals surface area contributed by atoms with Gasteiger partial charge in [0.15, 0.2) is 0 Å². The lowest BCUT2D eigenvalue weighted by molar-refractivity contribution is 0.416. The van der Waals surface area contributed by atoms with Gasteiger partial charge in [0.1, 0.15) is 5.75 Å². The first-order valence-corrected chi connectivity index (χ1v) is 6.39. The molecule has 2 aromatic rings. The van der Waals surface area contributed by atoms with Gasteiger partial charge in [0, 0.05) is 17.8 Å². The summed E-state index contributed by atoms with van der Waals surface area (Å²) in [4.78, 5) is 0. The third kappa shape index (κ3) is 1.84. The molecule has 0 unspecified atom stereocenters. The van der Waals surface area contributed by atoms with Crippen molar-refractivity contribution in [1.82, 2.24) is 0 Å². The van der Waals surface area contributed by atoms with E-state index in [1.54, 1.807) is 7.11 Å². The highest BCUT2D eigenvalue weighted by atomic mass is 16.5. The number of hydrogen-bond acceptors (Lipinski definition) is 2. The highest BCUT2D eigenvalue weighted by Crippen LogP contribution is 2.36. The number of anilines is 1. The van der Waals surface area contributed by atoms with Gasteiger partial charge in [0.2, 0.25) is 0 Å². The van der Waals surface area contributed by atoms with E-state index in [9.17, 15) is 0 Å². The summed E-state index contributed by atoms with van der Waals surface area (Å²) in [6, 6.07) is 14.7. The molecule has 2 heteroatoms. The van der Waals surface area contributed by atoms with Crippen LogP contribution < -0.4 is 10.1 Å². The number of fused-ring (bicyclic) bond motifs is 1. The maximum atomic E-state index is 5.47. The van der Waals surface area contributed by atoms with Crippen LogP contribution in [-0.2, 0) is 6.42 Å². The van der Waals surface area contributed by atoms with Crippen LogP contribution in [0, 0.1) is 0 Å². The van der Waals surface area contributed by atoms with Gasteiger partial charge < -0.3 is 10.1 Å². The number of methoxy groups -OCH3 is 1. The summed E-state index contributed by atoms with van der Waals surface area (Å²) in [6.45, 7) is 1.07. The first-order valence-electron chi connectivity index (χ1n) is 6.39. The van der Waals surface area contributed by atoms with E-state index in [2.05, 4.69) is 35.6 Å². The van der Waals surface area contributed by atoms with Gasteiger partial charge in [-0.1, -0.05) is 30.3 Å². The van der Waals surface area contributed by atoms with Gasteiger partial charge in [0.05, 0.1) is 7.11 Å². The van der Waals surface area contributed by atoms with Crippen LogP contribution in [0.4, 0.5) is 5.69 Å². The summed E-state index contributed by atoms with van der Waals surface area (Å²) in [5, 5.41) is 3.47. The minimum Gasteiger partial charge on any atom is -0.496 e. The molecule has 0 spiro atoms. The lowest BCUT2D eigenvalue weighted by Crippen LogP contribution is -2.12. The predicted molar refractivity (Wildman–Crippen MR) is 75.2 cm³/mol. The van der Waals surface area contributed by atoms with Crippen molar-refractivity contribution in [3.63, 3.8) is 0 Å². The third-order valence-electron chi connectivity index (χ3n) is 3.49. The van der Waals surface area contributed by atoms with Crippen LogP contribution in [0.2, 0.25) is 0 Å². The normalized spacial score (nSPS) is 13.6. The molecule has 1 aliphatic rings. The summed E-state index contributed by atoms with van der Waals surface area (Å²) in [6.07, 6.45) is 2.33. The average Bonchev–Trinajstić information content (AvgIpc) is 2.46. The second-order valence-corrected chi connectivity index (χ2v) is 4.56. The SMILES string of the molecule is COc1ccccc1-c1cccc2c1CCCN2. The summed E-state index contributed by atoms with van der Waals surface area (Å²) in [7, 11) is 1.73. The Bertz CT molecular complexity index is 563. The first-order chi connectivity index (χ1) is 8.90. The van der Waals surface area contributed by atoms with Crippen molar-refractivity contribution < 1.29 is 4.74 Å². The molecule has 2 nitrogen and oxygen atoms in total. The molecule has 0 saturated carbocycles. The fourth-order valence-corrected chi connectivity index (χ4v) is 2.63. The van der Waals surface area contributed by atoms with Crippen LogP contribution >= 0.6 is 0 Å². The summed E-state index contributed by atoms with van der Waals surface area (Å²) < 4.78 is 5.47. The van der Waals surface area contributed by atoms with Crippen LogP contribution in [0.3, 0.4) is 0 Å². The number of ether oxygens (including phenoxy) is 1. The van der Waals surface area contributed by atoms with Gasteiger partial charge >= 0.3 is 0 Å². The van der Waals surface area contributed by atoms with Gasteiger partial charge in [0.25, 0.3) is 0 Å². The largest absolute Gasteiger partial charge is 0.496 e. The zero-order chi connectivity index (χ0) is 12.4. The lowest BCUT2D eigenvalue weighted by atomic mass is 9.92. The van der Waals surface area contributed by atoms with Crippen LogP contribution in [0.1, 0.15) is 12.0 Å². The first kappa shape index (κ1) is 11.1. The molecule has 0 atom stereocenters. The molecule has 1 N–H and O–H groups in total. The molecule has 1 aliphatic heterocycles. The van der Waals surface area contributed by atoms with Crippen molar-refractivity contribution in [1.29, 1.82) is 0 Å². The molecule has 0 amide bonds. The Labute approximate surface area is 108 Å². The molecule has 0 saturated heterocycles. The molecule has 0 bridgehead atoms. The summed E-state index contributed by atoms with van der Waals surface area (Å²) >= 11 is 0.